The molecule has 0 saturated carbocycles. The summed E-state index contributed by atoms with van der Waals surface area (Å²) in [5.74, 6) is 6.53. The summed E-state index contributed by atoms with van der Waals surface area (Å²) in [5.41, 5.74) is -0.0420. The minimum Gasteiger partial charge on any atom is -0.340 e. The van der Waals surface area contributed by atoms with E-state index in [-0.39, 0.29) is 5.56 Å². The highest BCUT2D eigenvalue weighted by molar-refractivity contribution is 5.75. The van der Waals surface area contributed by atoms with Crippen molar-refractivity contribution in [1.82, 2.24) is 24.0 Å². The Morgan fingerprint density at radius 3 is 2.63 bits per heavy atom. The van der Waals surface area contributed by atoms with Crippen molar-refractivity contribution < 1.29 is 0 Å². The third-order valence-corrected chi connectivity index (χ3v) is 4.69. The Morgan fingerprint density at radius 2 is 1.96 bits per heavy atom. The van der Waals surface area contributed by atoms with Crippen molar-refractivity contribution in [3.05, 3.63) is 20.8 Å². The molecular formula is C18H23N7O2. The fraction of sp³-hybridized carbons (Fsp3) is 0.556. The van der Waals surface area contributed by atoms with Gasteiger partial charge in [0.15, 0.2) is 11.2 Å². The van der Waals surface area contributed by atoms with Crippen LogP contribution in [0.4, 0.5) is 5.95 Å². The zero-order valence-electron chi connectivity index (χ0n) is 15.7. The van der Waals surface area contributed by atoms with E-state index in [4.69, 9.17) is 10.2 Å². The first-order chi connectivity index (χ1) is 13.1. The van der Waals surface area contributed by atoms with Crippen LogP contribution in [0.2, 0.25) is 0 Å². The normalized spacial score (nSPS) is 14.0. The molecular weight excluding hydrogens is 346 g/mol. The Bertz CT molecular complexity index is 1050. The van der Waals surface area contributed by atoms with Crippen LogP contribution in [-0.4, -0.2) is 44.9 Å². The molecule has 9 heteroatoms. The Morgan fingerprint density at radius 1 is 1.22 bits per heavy atom. The largest absolute Gasteiger partial charge is 0.340 e. The van der Waals surface area contributed by atoms with Crippen molar-refractivity contribution in [2.75, 3.05) is 31.1 Å². The van der Waals surface area contributed by atoms with Gasteiger partial charge in [0.1, 0.15) is 0 Å². The molecule has 0 atom stereocenters. The van der Waals surface area contributed by atoms with Gasteiger partial charge in [-0.3, -0.25) is 18.5 Å². The monoisotopic (exact) mass is 369 g/mol. The van der Waals surface area contributed by atoms with Crippen LogP contribution in [-0.2, 0) is 20.1 Å². The summed E-state index contributed by atoms with van der Waals surface area (Å²) in [4.78, 5) is 32.3. The first-order valence-corrected chi connectivity index (χ1v) is 9.02. The molecule has 27 heavy (non-hydrogen) atoms. The van der Waals surface area contributed by atoms with Crippen molar-refractivity contribution in [3.63, 3.8) is 0 Å². The number of nitrogens with one attached hydrogen (secondary N) is 1. The van der Waals surface area contributed by atoms with E-state index in [1.807, 2.05) is 0 Å². The molecule has 0 aliphatic carbocycles. The van der Waals surface area contributed by atoms with E-state index < -0.39 is 5.69 Å². The fourth-order valence-corrected chi connectivity index (χ4v) is 3.28. The SMILES string of the molecule is CC#CCn1c(N2CCNCC2)nc2c1c(=O)n(C)c(=O)n2CCCC#N. The molecule has 0 unspecified atom stereocenters. The van der Waals surface area contributed by atoms with E-state index in [1.54, 1.807) is 11.5 Å². The van der Waals surface area contributed by atoms with Crippen LogP contribution in [0.5, 0.6) is 0 Å². The predicted molar refractivity (Wildman–Crippen MR) is 103 cm³/mol. The van der Waals surface area contributed by atoms with E-state index in [0.717, 1.165) is 30.7 Å². The lowest BCUT2D eigenvalue weighted by molar-refractivity contribution is 0.572. The van der Waals surface area contributed by atoms with E-state index in [0.29, 0.717) is 43.0 Å². The third-order valence-electron chi connectivity index (χ3n) is 4.69. The van der Waals surface area contributed by atoms with E-state index in [2.05, 4.69) is 28.1 Å². The molecule has 142 valence electrons. The fourth-order valence-electron chi connectivity index (χ4n) is 3.28. The topological polar surface area (TPSA) is 101 Å². The van der Waals surface area contributed by atoms with Gasteiger partial charge in [-0.2, -0.15) is 10.2 Å². The smallest absolute Gasteiger partial charge is 0.332 e. The summed E-state index contributed by atoms with van der Waals surface area (Å²) in [6.45, 7) is 5.61. The lowest BCUT2D eigenvalue weighted by atomic mass is 10.3. The molecule has 3 heterocycles. The molecule has 0 spiro atoms. The van der Waals surface area contributed by atoms with Crippen molar-refractivity contribution in [2.45, 2.75) is 32.9 Å². The van der Waals surface area contributed by atoms with Gasteiger partial charge in [-0.25, -0.2) is 4.79 Å². The number of nitriles is 1. The minimum absolute atomic E-state index is 0.331. The number of unbranched alkanes of at least 4 members (excludes halogenated alkanes) is 1. The van der Waals surface area contributed by atoms with Crippen LogP contribution in [0.3, 0.4) is 0 Å². The Hall–Kier alpha value is -3.04. The molecule has 0 amide bonds. The lowest BCUT2D eigenvalue weighted by Gasteiger charge is -2.28. The molecule has 0 radical (unpaired) electrons. The number of anilines is 1. The van der Waals surface area contributed by atoms with Crippen LogP contribution in [0.25, 0.3) is 11.2 Å². The first-order valence-electron chi connectivity index (χ1n) is 9.02. The molecule has 1 fully saturated rings. The van der Waals surface area contributed by atoms with E-state index in [9.17, 15) is 9.59 Å². The van der Waals surface area contributed by atoms with Crippen LogP contribution in [0.15, 0.2) is 9.59 Å². The number of imidazole rings is 1. The van der Waals surface area contributed by atoms with Gasteiger partial charge in [-0.15, -0.1) is 5.92 Å². The van der Waals surface area contributed by atoms with Gasteiger partial charge in [0, 0.05) is 46.2 Å². The third kappa shape index (κ3) is 3.46. The zero-order valence-corrected chi connectivity index (χ0v) is 15.7. The van der Waals surface area contributed by atoms with Crippen molar-refractivity contribution in [2.24, 2.45) is 7.05 Å². The zero-order chi connectivity index (χ0) is 19.4. The summed E-state index contributed by atoms with van der Waals surface area (Å²) in [7, 11) is 1.47. The van der Waals surface area contributed by atoms with Gasteiger partial charge in [0.25, 0.3) is 5.56 Å². The number of nitrogens with zero attached hydrogens (tertiary/aromatic N) is 6. The van der Waals surface area contributed by atoms with Crippen molar-refractivity contribution in [3.8, 4) is 17.9 Å². The average Bonchev–Trinajstić information content (AvgIpc) is 3.07. The molecule has 1 saturated heterocycles. The summed E-state index contributed by atoms with van der Waals surface area (Å²) < 4.78 is 4.41. The summed E-state index contributed by atoms with van der Waals surface area (Å²) in [5, 5.41) is 12.1. The highest BCUT2D eigenvalue weighted by atomic mass is 16.2. The average molecular weight is 369 g/mol. The molecule has 3 rings (SSSR count). The predicted octanol–water partition coefficient (Wildman–Crippen LogP) is -0.367. The number of aromatic nitrogens is 4. The number of aryl methyl sites for hydroxylation is 1. The van der Waals surface area contributed by atoms with Gasteiger partial charge in [-0.05, 0) is 13.3 Å². The van der Waals surface area contributed by atoms with Crippen LogP contribution in [0.1, 0.15) is 19.8 Å². The van der Waals surface area contributed by atoms with Gasteiger partial charge in [0.2, 0.25) is 5.95 Å². The van der Waals surface area contributed by atoms with Gasteiger partial charge in [0.05, 0.1) is 12.6 Å². The molecule has 9 nitrogen and oxygen atoms in total. The van der Waals surface area contributed by atoms with Crippen molar-refractivity contribution in [1.29, 1.82) is 5.26 Å². The molecule has 0 bridgehead atoms. The maximum Gasteiger partial charge on any atom is 0.332 e. The number of hydrogen-bond donors (Lipinski definition) is 1. The highest BCUT2D eigenvalue weighted by Gasteiger charge is 2.24. The minimum atomic E-state index is -0.413. The number of piperazine rings is 1. The van der Waals surface area contributed by atoms with E-state index >= 15 is 0 Å². The van der Waals surface area contributed by atoms with Gasteiger partial charge in [-0.1, -0.05) is 5.92 Å². The maximum absolute atomic E-state index is 12.9. The number of fused-ring (bicyclic) bond motifs is 1. The maximum atomic E-state index is 12.9. The Balaban J connectivity index is 2.25. The standard InChI is InChI=1S/C18H23N7O2/c1-3-4-10-24-14-15(21-17(24)23-12-8-20-9-13-23)25(11-6-5-7-19)18(27)22(2)16(14)26/h20H,5-6,8-13H2,1-2H3. The second-order valence-corrected chi connectivity index (χ2v) is 6.39. The van der Waals surface area contributed by atoms with Crippen LogP contribution >= 0.6 is 0 Å². The molecule has 0 aromatic carbocycles. The molecule has 2 aromatic rings. The number of hydrogen-bond acceptors (Lipinski definition) is 6. The second kappa shape index (κ2) is 8.11. The van der Waals surface area contributed by atoms with Crippen molar-refractivity contribution >= 4 is 17.1 Å². The summed E-state index contributed by atoms with van der Waals surface area (Å²) in [6.07, 6.45) is 0.859. The summed E-state index contributed by atoms with van der Waals surface area (Å²) in [6, 6.07) is 2.08. The second-order valence-electron chi connectivity index (χ2n) is 6.39. The lowest BCUT2D eigenvalue weighted by Crippen LogP contribution is -2.44. The highest BCUT2D eigenvalue weighted by Crippen LogP contribution is 2.20. The van der Waals surface area contributed by atoms with Crippen LogP contribution < -0.4 is 21.5 Å². The van der Waals surface area contributed by atoms with E-state index in [1.165, 1.54) is 11.6 Å². The van der Waals surface area contributed by atoms with Gasteiger partial charge < -0.3 is 10.2 Å². The van der Waals surface area contributed by atoms with Crippen LogP contribution in [0, 0.1) is 23.2 Å². The molecule has 2 aromatic heterocycles. The molecule has 1 aliphatic heterocycles. The Labute approximate surface area is 156 Å². The molecule has 1 N–H and O–H groups in total. The Kier molecular flexibility index (Phi) is 5.63. The first kappa shape index (κ1) is 18.7. The number of rotatable bonds is 5. The van der Waals surface area contributed by atoms with Gasteiger partial charge >= 0.3 is 5.69 Å². The quantitative estimate of drug-likeness (QED) is 0.570. The molecule has 1 aliphatic rings. The summed E-state index contributed by atoms with van der Waals surface area (Å²) >= 11 is 0.